The lowest BCUT2D eigenvalue weighted by molar-refractivity contribution is 0.0638. The molecular formula is C8H14N2OS. The first-order valence-electron chi connectivity index (χ1n) is 3.97. The number of aromatic nitrogens is 1. The van der Waals surface area contributed by atoms with Crippen molar-refractivity contribution < 1.29 is 4.74 Å². The van der Waals surface area contributed by atoms with E-state index in [0.29, 0.717) is 13.2 Å². The number of ether oxygens (including phenoxy) is 1. The minimum absolute atomic E-state index is 0.257. The van der Waals surface area contributed by atoms with Gasteiger partial charge in [-0.25, -0.2) is 4.98 Å². The maximum Gasteiger partial charge on any atom is 0.107 e. The molecule has 0 radical (unpaired) electrons. The van der Waals surface area contributed by atoms with Crippen LogP contribution in [0.2, 0.25) is 0 Å². The minimum atomic E-state index is 0.257. The van der Waals surface area contributed by atoms with Crippen molar-refractivity contribution in [3.8, 4) is 0 Å². The van der Waals surface area contributed by atoms with Gasteiger partial charge in [-0.05, 0) is 13.8 Å². The van der Waals surface area contributed by atoms with Crippen molar-refractivity contribution in [3.05, 3.63) is 16.1 Å². The van der Waals surface area contributed by atoms with E-state index in [2.05, 4.69) is 4.98 Å². The lowest BCUT2D eigenvalue weighted by atomic mass is 10.4. The van der Waals surface area contributed by atoms with Crippen LogP contribution in [0.25, 0.3) is 0 Å². The van der Waals surface area contributed by atoms with Gasteiger partial charge in [-0.15, -0.1) is 11.3 Å². The van der Waals surface area contributed by atoms with E-state index in [4.69, 9.17) is 10.5 Å². The molecule has 0 bridgehead atoms. The Hall–Kier alpha value is -0.450. The van der Waals surface area contributed by atoms with Gasteiger partial charge >= 0.3 is 0 Å². The maximum absolute atomic E-state index is 5.43. The fraction of sp³-hybridized carbons (Fsp3) is 0.625. The molecule has 0 atom stereocenters. The van der Waals surface area contributed by atoms with Gasteiger partial charge in [0.25, 0.3) is 0 Å². The Balaban J connectivity index is 2.41. The Bertz CT molecular complexity index is 235. The van der Waals surface area contributed by atoms with Gasteiger partial charge in [-0.2, -0.15) is 0 Å². The lowest BCUT2D eigenvalue weighted by Gasteiger charge is -2.03. The number of hydrogen-bond acceptors (Lipinski definition) is 4. The molecule has 0 aromatic carbocycles. The average Bonchev–Trinajstić information content (AvgIpc) is 2.48. The first-order valence-corrected chi connectivity index (χ1v) is 4.85. The first kappa shape index (κ1) is 9.64. The number of nitrogens with two attached hydrogens (primary N) is 1. The SMILES string of the molecule is CC(C)OCc1csc(CN)n1. The zero-order chi connectivity index (χ0) is 8.97. The predicted molar refractivity (Wildman–Crippen MR) is 49.9 cm³/mol. The number of hydrogen-bond donors (Lipinski definition) is 1. The zero-order valence-electron chi connectivity index (χ0n) is 7.41. The second-order valence-electron chi connectivity index (χ2n) is 2.80. The van der Waals surface area contributed by atoms with Crippen molar-refractivity contribution in [2.45, 2.75) is 33.1 Å². The van der Waals surface area contributed by atoms with Gasteiger partial charge in [0.2, 0.25) is 0 Å². The van der Waals surface area contributed by atoms with Gasteiger partial charge in [0.15, 0.2) is 0 Å². The van der Waals surface area contributed by atoms with Crippen LogP contribution in [0.5, 0.6) is 0 Å². The molecule has 0 spiro atoms. The molecule has 12 heavy (non-hydrogen) atoms. The smallest absolute Gasteiger partial charge is 0.107 e. The minimum Gasteiger partial charge on any atom is -0.372 e. The quantitative estimate of drug-likeness (QED) is 0.775. The van der Waals surface area contributed by atoms with E-state index in [-0.39, 0.29) is 6.10 Å². The van der Waals surface area contributed by atoms with Crippen LogP contribution in [0.3, 0.4) is 0 Å². The van der Waals surface area contributed by atoms with Crippen LogP contribution in [-0.2, 0) is 17.9 Å². The Morgan fingerprint density at radius 2 is 2.42 bits per heavy atom. The summed E-state index contributed by atoms with van der Waals surface area (Å²) in [6.07, 6.45) is 0.257. The van der Waals surface area contributed by atoms with E-state index in [1.54, 1.807) is 11.3 Å². The molecule has 68 valence electrons. The summed E-state index contributed by atoms with van der Waals surface area (Å²) in [6, 6.07) is 0. The summed E-state index contributed by atoms with van der Waals surface area (Å²) in [5.74, 6) is 0. The molecular weight excluding hydrogens is 172 g/mol. The van der Waals surface area contributed by atoms with Crippen LogP contribution < -0.4 is 5.73 Å². The molecule has 2 N–H and O–H groups in total. The lowest BCUT2D eigenvalue weighted by Crippen LogP contribution is -2.03. The van der Waals surface area contributed by atoms with E-state index in [0.717, 1.165) is 10.7 Å². The van der Waals surface area contributed by atoms with Crippen LogP contribution in [-0.4, -0.2) is 11.1 Å². The van der Waals surface area contributed by atoms with E-state index >= 15 is 0 Å². The molecule has 0 aliphatic heterocycles. The van der Waals surface area contributed by atoms with Crippen molar-refractivity contribution in [2.75, 3.05) is 0 Å². The van der Waals surface area contributed by atoms with E-state index in [9.17, 15) is 0 Å². The summed E-state index contributed by atoms with van der Waals surface area (Å²) in [6.45, 7) is 5.13. The van der Waals surface area contributed by atoms with Crippen LogP contribution >= 0.6 is 11.3 Å². The summed E-state index contributed by atoms with van der Waals surface area (Å²) in [4.78, 5) is 4.27. The third-order valence-electron chi connectivity index (χ3n) is 1.34. The highest BCUT2D eigenvalue weighted by molar-refractivity contribution is 7.09. The Labute approximate surface area is 76.6 Å². The molecule has 0 aliphatic rings. The Morgan fingerprint density at radius 1 is 1.67 bits per heavy atom. The highest BCUT2D eigenvalue weighted by Crippen LogP contribution is 2.10. The summed E-state index contributed by atoms with van der Waals surface area (Å²) >= 11 is 1.59. The van der Waals surface area contributed by atoms with E-state index in [1.165, 1.54) is 0 Å². The molecule has 1 aromatic rings. The van der Waals surface area contributed by atoms with Gasteiger partial charge in [0.05, 0.1) is 18.4 Å². The van der Waals surface area contributed by atoms with Crippen molar-refractivity contribution >= 4 is 11.3 Å². The molecule has 0 saturated heterocycles. The third-order valence-corrected chi connectivity index (χ3v) is 2.26. The molecule has 3 nitrogen and oxygen atoms in total. The average molecular weight is 186 g/mol. The zero-order valence-corrected chi connectivity index (χ0v) is 8.23. The molecule has 0 saturated carbocycles. The summed E-state index contributed by atoms with van der Waals surface area (Å²) in [5, 5.41) is 2.96. The van der Waals surface area contributed by atoms with Gasteiger partial charge in [-0.3, -0.25) is 0 Å². The fourth-order valence-corrected chi connectivity index (χ4v) is 1.42. The van der Waals surface area contributed by atoms with Crippen molar-refractivity contribution in [1.29, 1.82) is 0 Å². The number of rotatable bonds is 4. The molecule has 4 heteroatoms. The van der Waals surface area contributed by atoms with E-state index < -0.39 is 0 Å². The predicted octanol–water partition coefficient (Wildman–Crippen LogP) is 1.53. The molecule has 0 amide bonds. The highest BCUT2D eigenvalue weighted by Gasteiger charge is 2.01. The summed E-state index contributed by atoms with van der Waals surface area (Å²) in [7, 11) is 0. The topological polar surface area (TPSA) is 48.1 Å². The third kappa shape index (κ3) is 2.89. The van der Waals surface area contributed by atoms with Gasteiger partial charge in [-0.1, -0.05) is 0 Å². The van der Waals surface area contributed by atoms with Gasteiger partial charge in [0, 0.05) is 11.9 Å². The summed E-state index contributed by atoms with van der Waals surface area (Å²) < 4.78 is 5.39. The molecule has 0 unspecified atom stereocenters. The maximum atomic E-state index is 5.43. The highest BCUT2D eigenvalue weighted by atomic mass is 32.1. The molecule has 1 aromatic heterocycles. The van der Waals surface area contributed by atoms with Crippen molar-refractivity contribution in [2.24, 2.45) is 5.73 Å². The van der Waals surface area contributed by atoms with Crippen molar-refractivity contribution in [1.82, 2.24) is 4.98 Å². The molecule has 1 heterocycles. The molecule has 1 rings (SSSR count). The second-order valence-corrected chi connectivity index (χ2v) is 3.74. The van der Waals surface area contributed by atoms with Gasteiger partial charge < -0.3 is 10.5 Å². The first-order chi connectivity index (χ1) is 5.72. The van der Waals surface area contributed by atoms with Crippen LogP contribution in [0.4, 0.5) is 0 Å². The Morgan fingerprint density at radius 3 is 2.92 bits per heavy atom. The number of thiazole rings is 1. The monoisotopic (exact) mass is 186 g/mol. The van der Waals surface area contributed by atoms with Crippen LogP contribution in [0, 0.1) is 0 Å². The van der Waals surface area contributed by atoms with Crippen molar-refractivity contribution in [3.63, 3.8) is 0 Å². The second kappa shape index (κ2) is 4.54. The molecule has 0 fully saturated rings. The van der Waals surface area contributed by atoms with Crippen LogP contribution in [0.15, 0.2) is 5.38 Å². The normalized spacial score (nSPS) is 11.0. The largest absolute Gasteiger partial charge is 0.372 e. The number of nitrogens with zero attached hydrogens (tertiary/aromatic N) is 1. The Kier molecular flexibility index (Phi) is 3.65. The van der Waals surface area contributed by atoms with E-state index in [1.807, 2.05) is 19.2 Å². The van der Waals surface area contributed by atoms with Gasteiger partial charge in [0.1, 0.15) is 5.01 Å². The molecule has 0 aliphatic carbocycles. The standard InChI is InChI=1S/C8H14N2OS/c1-6(2)11-4-7-5-12-8(3-9)10-7/h5-6H,3-4,9H2,1-2H3. The van der Waals surface area contributed by atoms with Crippen LogP contribution in [0.1, 0.15) is 24.5 Å². The summed E-state index contributed by atoms with van der Waals surface area (Å²) in [5.41, 5.74) is 6.41. The fourth-order valence-electron chi connectivity index (χ4n) is 0.761.